The highest BCUT2D eigenvalue weighted by molar-refractivity contribution is 5.27. The molecule has 1 aromatic heterocycles. The molecule has 15 heavy (non-hydrogen) atoms. The van der Waals surface area contributed by atoms with E-state index in [-0.39, 0.29) is 0 Å². The van der Waals surface area contributed by atoms with Crippen molar-refractivity contribution in [3.63, 3.8) is 0 Å². The van der Waals surface area contributed by atoms with Gasteiger partial charge in [-0.05, 0) is 21.0 Å². The molecule has 1 aromatic rings. The summed E-state index contributed by atoms with van der Waals surface area (Å²) in [5, 5.41) is 3.16. The number of likely N-dealkylation sites (N-methyl/N-ethyl adjacent to an activating group) is 1. The number of anilines is 1. The smallest absolute Gasteiger partial charge is 0.225 e. The zero-order chi connectivity index (χ0) is 11.3. The maximum Gasteiger partial charge on any atom is 0.225 e. The van der Waals surface area contributed by atoms with Gasteiger partial charge in [-0.25, -0.2) is 4.98 Å². The second-order valence-corrected chi connectivity index (χ2v) is 3.62. The number of methoxy groups -OCH3 is 1. The molecule has 0 bridgehead atoms. The van der Waals surface area contributed by atoms with E-state index in [1.807, 2.05) is 14.1 Å². The first-order chi connectivity index (χ1) is 7.13. The molecule has 0 fully saturated rings. The summed E-state index contributed by atoms with van der Waals surface area (Å²) in [6.07, 6.45) is 1.68. The van der Waals surface area contributed by atoms with Crippen molar-refractivity contribution in [1.29, 1.82) is 0 Å². The number of ether oxygens (including phenoxy) is 1. The van der Waals surface area contributed by atoms with Crippen LogP contribution < -0.4 is 10.1 Å². The van der Waals surface area contributed by atoms with E-state index in [9.17, 15) is 0 Å². The molecule has 1 rings (SSSR count). The predicted molar refractivity (Wildman–Crippen MR) is 60.2 cm³/mol. The lowest BCUT2D eigenvalue weighted by Gasteiger charge is -2.19. The first kappa shape index (κ1) is 11.7. The molecule has 0 aromatic carbocycles. The minimum absolute atomic E-state index is 0.430. The fourth-order valence-electron chi connectivity index (χ4n) is 0.963. The Bertz CT molecular complexity index is 303. The summed E-state index contributed by atoms with van der Waals surface area (Å²) < 4.78 is 5.01. The molecule has 0 radical (unpaired) electrons. The number of nitrogens with zero attached hydrogens (tertiary/aromatic N) is 3. The third-order valence-electron chi connectivity index (χ3n) is 2.28. The van der Waals surface area contributed by atoms with E-state index in [1.54, 1.807) is 19.4 Å². The van der Waals surface area contributed by atoms with Gasteiger partial charge in [-0.1, -0.05) is 0 Å². The minimum Gasteiger partial charge on any atom is -0.481 e. The summed E-state index contributed by atoms with van der Waals surface area (Å²) in [7, 11) is 5.67. The van der Waals surface area contributed by atoms with Crippen LogP contribution in [0.2, 0.25) is 0 Å². The third kappa shape index (κ3) is 3.71. The van der Waals surface area contributed by atoms with Crippen LogP contribution in [0, 0.1) is 0 Å². The van der Waals surface area contributed by atoms with Gasteiger partial charge in [0.25, 0.3) is 0 Å². The number of aromatic nitrogens is 2. The Morgan fingerprint density at radius 3 is 2.87 bits per heavy atom. The number of hydrogen-bond acceptors (Lipinski definition) is 5. The molecule has 0 aliphatic carbocycles. The van der Waals surface area contributed by atoms with Gasteiger partial charge in [0.15, 0.2) is 0 Å². The van der Waals surface area contributed by atoms with Crippen LogP contribution >= 0.6 is 0 Å². The van der Waals surface area contributed by atoms with Gasteiger partial charge in [0.05, 0.1) is 7.11 Å². The zero-order valence-electron chi connectivity index (χ0n) is 9.69. The van der Waals surface area contributed by atoms with Gasteiger partial charge in [-0.15, -0.1) is 0 Å². The lowest BCUT2D eigenvalue weighted by Crippen LogP contribution is -2.31. The molecule has 0 saturated heterocycles. The second kappa shape index (κ2) is 5.50. The molecule has 5 heteroatoms. The second-order valence-electron chi connectivity index (χ2n) is 3.62. The molecule has 1 heterocycles. The molecule has 1 unspecified atom stereocenters. The normalized spacial score (nSPS) is 12.6. The first-order valence-electron chi connectivity index (χ1n) is 4.91. The lowest BCUT2D eigenvalue weighted by molar-refractivity contribution is 0.325. The van der Waals surface area contributed by atoms with Crippen LogP contribution in [0.3, 0.4) is 0 Å². The maximum absolute atomic E-state index is 5.01. The zero-order valence-corrected chi connectivity index (χ0v) is 9.69. The summed E-state index contributed by atoms with van der Waals surface area (Å²) >= 11 is 0. The Morgan fingerprint density at radius 1 is 1.53 bits per heavy atom. The van der Waals surface area contributed by atoms with E-state index in [1.165, 1.54) is 0 Å². The van der Waals surface area contributed by atoms with E-state index in [0.29, 0.717) is 17.9 Å². The third-order valence-corrected chi connectivity index (χ3v) is 2.28. The molecular weight excluding hydrogens is 192 g/mol. The molecule has 0 spiro atoms. The average molecular weight is 210 g/mol. The Kier molecular flexibility index (Phi) is 4.30. The van der Waals surface area contributed by atoms with Crippen LogP contribution in [-0.2, 0) is 0 Å². The first-order valence-corrected chi connectivity index (χ1v) is 4.91. The maximum atomic E-state index is 5.01. The van der Waals surface area contributed by atoms with Gasteiger partial charge >= 0.3 is 0 Å². The molecular formula is C10H18N4O. The summed E-state index contributed by atoms with van der Waals surface area (Å²) in [6.45, 7) is 2.94. The molecule has 0 aliphatic heterocycles. The summed E-state index contributed by atoms with van der Waals surface area (Å²) in [6, 6.07) is 2.15. The molecule has 84 valence electrons. The Morgan fingerprint density at radius 2 is 2.27 bits per heavy atom. The molecule has 0 amide bonds. The minimum atomic E-state index is 0.430. The fourth-order valence-corrected chi connectivity index (χ4v) is 0.963. The van der Waals surface area contributed by atoms with Crippen molar-refractivity contribution in [2.45, 2.75) is 13.0 Å². The van der Waals surface area contributed by atoms with E-state index < -0.39 is 0 Å². The predicted octanol–water partition coefficient (Wildman–Crippen LogP) is 0.847. The number of nitrogens with one attached hydrogen (secondary N) is 1. The Labute approximate surface area is 90.5 Å². The monoisotopic (exact) mass is 210 g/mol. The highest BCUT2D eigenvalue weighted by Crippen LogP contribution is 2.07. The summed E-state index contributed by atoms with van der Waals surface area (Å²) in [4.78, 5) is 10.4. The molecule has 5 nitrogen and oxygen atoms in total. The molecule has 0 saturated carbocycles. The van der Waals surface area contributed by atoms with Gasteiger partial charge in [0.2, 0.25) is 11.8 Å². The van der Waals surface area contributed by atoms with Crippen LogP contribution in [0.1, 0.15) is 6.92 Å². The van der Waals surface area contributed by atoms with Gasteiger partial charge < -0.3 is 15.0 Å². The highest BCUT2D eigenvalue weighted by Gasteiger charge is 2.05. The van der Waals surface area contributed by atoms with Crippen molar-refractivity contribution in [3.05, 3.63) is 12.3 Å². The van der Waals surface area contributed by atoms with E-state index in [0.717, 1.165) is 6.54 Å². The van der Waals surface area contributed by atoms with Crippen LogP contribution in [0.4, 0.5) is 5.95 Å². The van der Waals surface area contributed by atoms with Crippen LogP contribution in [0.5, 0.6) is 5.88 Å². The molecule has 1 atom stereocenters. The summed E-state index contributed by atoms with van der Waals surface area (Å²) in [5.41, 5.74) is 0. The largest absolute Gasteiger partial charge is 0.481 e. The van der Waals surface area contributed by atoms with Crippen LogP contribution in [-0.4, -0.2) is 48.7 Å². The van der Waals surface area contributed by atoms with Gasteiger partial charge in [-0.2, -0.15) is 4.98 Å². The number of hydrogen-bond donors (Lipinski definition) is 1. The fraction of sp³-hybridized carbons (Fsp3) is 0.600. The van der Waals surface area contributed by atoms with E-state index >= 15 is 0 Å². The van der Waals surface area contributed by atoms with Gasteiger partial charge in [-0.3, -0.25) is 0 Å². The van der Waals surface area contributed by atoms with Gasteiger partial charge in [0.1, 0.15) is 0 Å². The standard InChI is InChI=1S/C10H18N4O/c1-8(14(2)3)7-12-10-11-6-5-9(13-10)15-4/h5-6,8H,7H2,1-4H3,(H,11,12,13). The quantitative estimate of drug-likeness (QED) is 0.780. The summed E-state index contributed by atoms with van der Waals surface area (Å²) in [5.74, 6) is 1.17. The van der Waals surface area contributed by atoms with Crippen molar-refractivity contribution < 1.29 is 4.74 Å². The van der Waals surface area contributed by atoms with E-state index in [4.69, 9.17) is 4.74 Å². The van der Waals surface area contributed by atoms with E-state index in [2.05, 4.69) is 27.1 Å². The average Bonchev–Trinajstić information content (AvgIpc) is 2.26. The Hall–Kier alpha value is -1.36. The van der Waals surface area contributed by atoms with Crippen molar-refractivity contribution in [2.75, 3.05) is 33.1 Å². The van der Waals surface area contributed by atoms with Crippen LogP contribution in [0.15, 0.2) is 12.3 Å². The van der Waals surface area contributed by atoms with Gasteiger partial charge in [0, 0.05) is 24.8 Å². The van der Waals surface area contributed by atoms with Crippen LogP contribution in [0.25, 0.3) is 0 Å². The lowest BCUT2D eigenvalue weighted by atomic mass is 10.3. The van der Waals surface area contributed by atoms with Crippen molar-refractivity contribution >= 4 is 5.95 Å². The SMILES string of the molecule is COc1ccnc(NCC(C)N(C)C)n1. The molecule has 0 aliphatic rings. The van der Waals surface area contributed by atoms with Crippen molar-refractivity contribution in [1.82, 2.24) is 14.9 Å². The van der Waals surface area contributed by atoms with Crippen molar-refractivity contribution in [3.8, 4) is 5.88 Å². The van der Waals surface area contributed by atoms with Crippen molar-refractivity contribution in [2.24, 2.45) is 0 Å². The molecule has 1 N–H and O–H groups in total. The Balaban J connectivity index is 2.50. The number of rotatable bonds is 5. The highest BCUT2D eigenvalue weighted by atomic mass is 16.5. The topological polar surface area (TPSA) is 50.3 Å².